The average Bonchev–Trinajstić information content (AvgIpc) is 3.50. The van der Waals surface area contributed by atoms with Gasteiger partial charge < -0.3 is 5.32 Å². The molecule has 4 heteroatoms. The highest BCUT2D eigenvalue weighted by Crippen LogP contribution is 2.50. The number of anilines is 1. The van der Waals surface area contributed by atoms with Gasteiger partial charge in [-0.25, -0.2) is 9.97 Å². The molecule has 0 saturated heterocycles. The Bertz CT molecular complexity index is 2060. The third-order valence-corrected chi connectivity index (χ3v) is 8.99. The van der Waals surface area contributed by atoms with Crippen LogP contribution in [0.5, 0.6) is 0 Å². The third kappa shape index (κ3) is 4.33. The van der Waals surface area contributed by atoms with E-state index in [1.807, 2.05) is 42.1 Å². The maximum Gasteiger partial charge on any atom is 0.103 e. The minimum Gasteiger partial charge on any atom is -0.368 e. The van der Waals surface area contributed by atoms with E-state index >= 15 is 0 Å². The number of fused-ring (bicyclic) bond motifs is 4. The second-order valence-corrected chi connectivity index (χ2v) is 11.4. The Morgan fingerprint density at radius 1 is 0.512 bits per heavy atom. The molecule has 7 aromatic rings. The van der Waals surface area contributed by atoms with Crippen LogP contribution in [0.3, 0.4) is 0 Å². The zero-order valence-corrected chi connectivity index (χ0v) is 23.0. The van der Waals surface area contributed by atoms with Crippen LogP contribution in [0.15, 0.2) is 144 Å². The van der Waals surface area contributed by atoms with Gasteiger partial charge in [-0.1, -0.05) is 121 Å². The van der Waals surface area contributed by atoms with Gasteiger partial charge in [-0.2, -0.15) is 0 Å². The molecule has 0 aliphatic carbocycles. The SMILES string of the molecule is c1ccc(-c2nc3ccccc3nc2-c2cccc(-c3ccc4ccc5c(c4c3)SC(c3ccccc3)N5)c2)cc1. The summed E-state index contributed by atoms with van der Waals surface area (Å²) in [5.74, 6) is 0. The number of thioether (sulfide) groups is 1. The number of nitrogens with one attached hydrogen (secondary N) is 1. The van der Waals surface area contributed by atoms with Gasteiger partial charge in [0.05, 0.1) is 22.4 Å². The summed E-state index contributed by atoms with van der Waals surface area (Å²) in [5, 5.41) is 6.45. The molecule has 1 aliphatic rings. The number of benzene rings is 6. The fourth-order valence-corrected chi connectivity index (χ4v) is 6.90. The molecule has 1 N–H and O–H groups in total. The number of nitrogens with zero attached hydrogens (tertiary/aromatic N) is 2. The normalized spacial score (nSPS) is 14.2. The van der Waals surface area contributed by atoms with Crippen LogP contribution in [0.2, 0.25) is 0 Å². The Morgan fingerprint density at radius 2 is 1.12 bits per heavy atom. The second-order valence-electron chi connectivity index (χ2n) is 10.3. The Hall–Kier alpha value is -4.93. The van der Waals surface area contributed by atoms with E-state index in [0.717, 1.165) is 39.1 Å². The fourth-order valence-electron chi connectivity index (χ4n) is 5.62. The van der Waals surface area contributed by atoms with E-state index in [1.165, 1.54) is 32.5 Å². The maximum atomic E-state index is 5.12. The predicted octanol–water partition coefficient (Wildman–Crippen LogP) is 10.0. The molecule has 0 radical (unpaired) electrons. The summed E-state index contributed by atoms with van der Waals surface area (Å²) in [4.78, 5) is 11.5. The molecular formula is C37H25N3S. The molecule has 6 aromatic carbocycles. The van der Waals surface area contributed by atoms with Crippen molar-refractivity contribution in [2.45, 2.75) is 10.3 Å². The van der Waals surface area contributed by atoms with Crippen molar-refractivity contribution < 1.29 is 0 Å². The first-order chi connectivity index (χ1) is 20.3. The van der Waals surface area contributed by atoms with Crippen LogP contribution in [0.4, 0.5) is 5.69 Å². The summed E-state index contributed by atoms with van der Waals surface area (Å²) in [5.41, 5.74) is 10.5. The van der Waals surface area contributed by atoms with Crippen molar-refractivity contribution in [3.63, 3.8) is 0 Å². The highest BCUT2D eigenvalue weighted by atomic mass is 32.2. The van der Waals surface area contributed by atoms with Gasteiger partial charge in [-0.15, -0.1) is 0 Å². The zero-order chi connectivity index (χ0) is 27.2. The summed E-state index contributed by atoms with van der Waals surface area (Å²) >= 11 is 1.89. The van der Waals surface area contributed by atoms with E-state index in [2.05, 4.69) is 115 Å². The lowest BCUT2D eigenvalue weighted by Gasteiger charge is -2.12. The van der Waals surface area contributed by atoms with E-state index in [4.69, 9.17) is 9.97 Å². The molecule has 0 bridgehead atoms. The minimum atomic E-state index is 0.215. The standard InChI is InChI=1S/C37H25N3S/c1-3-10-25(11-4-1)34-35(39-32-17-8-7-16-31(32)38-34)29-15-9-14-27(22-29)28-19-18-24-20-21-33-36(30(24)23-28)41-37(40-33)26-12-5-2-6-13-26/h1-23,37,40H. The van der Waals surface area contributed by atoms with Crippen molar-refractivity contribution in [2.24, 2.45) is 0 Å². The lowest BCUT2D eigenvalue weighted by molar-refractivity contribution is 1.14. The Kier molecular flexibility index (Phi) is 5.78. The van der Waals surface area contributed by atoms with Gasteiger partial charge in [0.15, 0.2) is 0 Å². The molecule has 0 amide bonds. The molecule has 2 heterocycles. The number of rotatable bonds is 4. The fraction of sp³-hybridized carbons (Fsp3) is 0.0270. The molecule has 0 saturated carbocycles. The van der Waals surface area contributed by atoms with Crippen LogP contribution in [-0.4, -0.2) is 9.97 Å². The van der Waals surface area contributed by atoms with E-state index in [9.17, 15) is 0 Å². The van der Waals surface area contributed by atoms with Gasteiger partial charge in [0.1, 0.15) is 5.37 Å². The maximum absolute atomic E-state index is 5.12. The number of hydrogen-bond donors (Lipinski definition) is 1. The summed E-state index contributed by atoms with van der Waals surface area (Å²) in [6, 6.07) is 49.0. The first-order valence-corrected chi connectivity index (χ1v) is 14.7. The topological polar surface area (TPSA) is 37.8 Å². The summed E-state index contributed by atoms with van der Waals surface area (Å²) in [7, 11) is 0. The van der Waals surface area contributed by atoms with E-state index in [1.54, 1.807) is 0 Å². The molecule has 8 rings (SSSR count). The predicted molar refractivity (Wildman–Crippen MR) is 172 cm³/mol. The molecular weight excluding hydrogens is 518 g/mol. The Balaban J connectivity index is 1.23. The van der Waals surface area contributed by atoms with E-state index in [0.29, 0.717) is 0 Å². The largest absolute Gasteiger partial charge is 0.368 e. The van der Waals surface area contributed by atoms with Gasteiger partial charge in [0.25, 0.3) is 0 Å². The molecule has 1 aliphatic heterocycles. The molecule has 1 atom stereocenters. The second kappa shape index (κ2) is 9.92. The van der Waals surface area contributed by atoms with Crippen LogP contribution in [0.1, 0.15) is 10.9 Å². The molecule has 41 heavy (non-hydrogen) atoms. The third-order valence-electron chi connectivity index (χ3n) is 7.68. The van der Waals surface area contributed by atoms with Crippen molar-refractivity contribution in [2.75, 3.05) is 5.32 Å². The molecule has 0 fully saturated rings. The average molecular weight is 544 g/mol. The van der Waals surface area contributed by atoms with Gasteiger partial charge in [-0.3, -0.25) is 0 Å². The van der Waals surface area contributed by atoms with Crippen LogP contribution >= 0.6 is 11.8 Å². The Morgan fingerprint density at radius 3 is 1.90 bits per heavy atom. The summed E-state index contributed by atoms with van der Waals surface area (Å²) in [6.07, 6.45) is 0. The van der Waals surface area contributed by atoms with Crippen LogP contribution in [0, 0.1) is 0 Å². The highest BCUT2D eigenvalue weighted by molar-refractivity contribution is 8.00. The van der Waals surface area contributed by atoms with Crippen LogP contribution < -0.4 is 5.32 Å². The molecule has 1 unspecified atom stereocenters. The van der Waals surface area contributed by atoms with E-state index in [-0.39, 0.29) is 5.37 Å². The van der Waals surface area contributed by atoms with Crippen molar-refractivity contribution in [1.29, 1.82) is 0 Å². The zero-order valence-electron chi connectivity index (χ0n) is 22.2. The van der Waals surface area contributed by atoms with Gasteiger partial charge in [0, 0.05) is 21.7 Å². The van der Waals surface area contributed by atoms with Crippen LogP contribution in [0.25, 0.3) is 55.4 Å². The first kappa shape index (κ1) is 23.9. The monoisotopic (exact) mass is 543 g/mol. The van der Waals surface area contributed by atoms with Gasteiger partial charge in [-0.05, 0) is 57.8 Å². The summed E-state index contributed by atoms with van der Waals surface area (Å²) < 4.78 is 0. The Labute approximate surface area is 242 Å². The first-order valence-electron chi connectivity index (χ1n) is 13.8. The molecule has 1 aromatic heterocycles. The van der Waals surface area contributed by atoms with Gasteiger partial charge in [0.2, 0.25) is 0 Å². The smallest absolute Gasteiger partial charge is 0.103 e. The quantitative estimate of drug-likeness (QED) is 0.240. The minimum absolute atomic E-state index is 0.215. The van der Waals surface area contributed by atoms with Crippen molar-refractivity contribution in [1.82, 2.24) is 9.97 Å². The van der Waals surface area contributed by atoms with Crippen LogP contribution in [-0.2, 0) is 0 Å². The van der Waals surface area contributed by atoms with Crippen molar-refractivity contribution >= 4 is 39.3 Å². The molecule has 3 nitrogen and oxygen atoms in total. The van der Waals surface area contributed by atoms with E-state index < -0.39 is 0 Å². The molecule has 194 valence electrons. The number of aromatic nitrogens is 2. The lowest BCUT2D eigenvalue weighted by atomic mass is 9.97. The van der Waals surface area contributed by atoms with Crippen molar-refractivity contribution in [3.05, 3.63) is 145 Å². The van der Waals surface area contributed by atoms with Crippen molar-refractivity contribution in [3.8, 4) is 33.6 Å². The molecule has 0 spiro atoms. The highest BCUT2D eigenvalue weighted by Gasteiger charge is 2.24. The number of para-hydroxylation sites is 2. The lowest BCUT2D eigenvalue weighted by Crippen LogP contribution is -2.00. The van der Waals surface area contributed by atoms with Gasteiger partial charge >= 0.3 is 0 Å². The number of hydrogen-bond acceptors (Lipinski definition) is 4. The summed E-state index contributed by atoms with van der Waals surface area (Å²) in [6.45, 7) is 0.